The van der Waals surface area contributed by atoms with Gasteiger partial charge in [0.25, 0.3) is 5.56 Å². The average Bonchev–Trinajstić information content (AvgIpc) is 2.72. The van der Waals surface area contributed by atoms with E-state index in [4.69, 9.17) is 0 Å². The first-order valence-corrected chi connectivity index (χ1v) is 5.69. The molecule has 2 N–H and O–H groups in total. The molecule has 0 saturated carbocycles. The Hall–Kier alpha value is -2.25. The molecular weight excluding hydrogens is 236 g/mol. The lowest BCUT2D eigenvalue weighted by atomic mass is 10.3. The van der Waals surface area contributed by atoms with Crippen LogP contribution in [-0.2, 0) is 14.1 Å². The van der Waals surface area contributed by atoms with Crippen molar-refractivity contribution in [2.75, 3.05) is 17.3 Å². The third-order valence-corrected chi connectivity index (χ3v) is 3.17. The van der Waals surface area contributed by atoms with Gasteiger partial charge in [0.1, 0.15) is 0 Å². The van der Waals surface area contributed by atoms with Gasteiger partial charge in [-0.25, -0.2) is 9.47 Å². The fourth-order valence-corrected chi connectivity index (χ4v) is 2.15. The van der Waals surface area contributed by atoms with Gasteiger partial charge in [-0.15, -0.1) is 0 Å². The molecule has 0 aromatic carbocycles. The molecule has 1 unspecified atom stereocenters. The molecule has 1 aliphatic rings. The zero-order valence-corrected chi connectivity index (χ0v) is 10.4. The van der Waals surface area contributed by atoms with Gasteiger partial charge in [0.15, 0.2) is 11.2 Å². The molecule has 3 rings (SSSR count). The lowest BCUT2D eigenvalue weighted by Crippen LogP contribution is -2.41. The van der Waals surface area contributed by atoms with Crippen molar-refractivity contribution in [3.05, 3.63) is 20.8 Å². The van der Waals surface area contributed by atoms with E-state index < -0.39 is 0 Å². The van der Waals surface area contributed by atoms with E-state index in [2.05, 4.69) is 15.7 Å². The lowest BCUT2D eigenvalue weighted by molar-refractivity contribution is 0.671. The standard InChI is InChI=1S/C10H14N6O2/c1-5-4-11-9-12-7-6(16(9)13-5)8(17)15(3)10(18)14(7)2/h5,13H,4H2,1-3H3,(H,11,12). The number of nitrogens with zero attached hydrogens (tertiary/aromatic N) is 4. The second kappa shape index (κ2) is 3.37. The zero-order valence-electron chi connectivity index (χ0n) is 10.4. The Morgan fingerprint density at radius 1 is 1.28 bits per heavy atom. The van der Waals surface area contributed by atoms with Crippen LogP contribution in [0.4, 0.5) is 5.95 Å². The first-order chi connectivity index (χ1) is 8.50. The SMILES string of the molecule is CC1CNc2nc3c(c(=O)n(C)c(=O)n3C)n2N1. The first kappa shape index (κ1) is 10.9. The van der Waals surface area contributed by atoms with Gasteiger partial charge in [-0.2, -0.15) is 4.98 Å². The summed E-state index contributed by atoms with van der Waals surface area (Å²) in [6, 6.07) is 0.178. The Kier molecular flexibility index (Phi) is 2.04. The summed E-state index contributed by atoms with van der Waals surface area (Å²) in [5, 5.41) is 3.12. The van der Waals surface area contributed by atoms with Crippen molar-refractivity contribution >= 4 is 17.1 Å². The van der Waals surface area contributed by atoms with Gasteiger partial charge < -0.3 is 10.7 Å². The Morgan fingerprint density at radius 2 is 2.00 bits per heavy atom. The fraction of sp³-hybridized carbons (Fsp3) is 0.500. The fourth-order valence-electron chi connectivity index (χ4n) is 2.15. The Balaban J connectivity index is 2.49. The highest BCUT2D eigenvalue weighted by Crippen LogP contribution is 2.16. The number of aromatic nitrogens is 4. The Morgan fingerprint density at radius 3 is 2.72 bits per heavy atom. The number of anilines is 1. The van der Waals surface area contributed by atoms with E-state index in [1.165, 1.54) is 11.6 Å². The molecular formula is C10H14N6O2. The number of imidazole rings is 1. The minimum absolute atomic E-state index is 0.178. The van der Waals surface area contributed by atoms with Crippen molar-refractivity contribution in [1.29, 1.82) is 0 Å². The average molecular weight is 250 g/mol. The van der Waals surface area contributed by atoms with Crippen LogP contribution in [-0.4, -0.2) is 31.4 Å². The molecule has 3 heterocycles. The van der Waals surface area contributed by atoms with Crippen LogP contribution in [0.15, 0.2) is 9.59 Å². The number of aryl methyl sites for hydroxylation is 1. The smallest absolute Gasteiger partial charge is 0.332 e. The highest BCUT2D eigenvalue weighted by Gasteiger charge is 2.22. The highest BCUT2D eigenvalue weighted by atomic mass is 16.2. The molecule has 0 saturated heterocycles. The van der Waals surface area contributed by atoms with E-state index in [0.29, 0.717) is 17.1 Å². The van der Waals surface area contributed by atoms with E-state index >= 15 is 0 Å². The van der Waals surface area contributed by atoms with E-state index in [9.17, 15) is 9.59 Å². The molecule has 1 atom stereocenters. The number of fused-ring (bicyclic) bond motifs is 3. The molecule has 8 heteroatoms. The van der Waals surface area contributed by atoms with Crippen molar-refractivity contribution in [2.24, 2.45) is 14.1 Å². The van der Waals surface area contributed by atoms with Crippen LogP contribution in [0.1, 0.15) is 6.92 Å². The molecule has 0 bridgehead atoms. The topological polar surface area (TPSA) is 85.9 Å². The summed E-state index contributed by atoms with van der Waals surface area (Å²) in [4.78, 5) is 28.3. The van der Waals surface area contributed by atoms with Crippen LogP contribution in [0.25, 0.3) is 11.2 Å². The molecule has 0 fully saturated rings. The second-order valence-corrected chi connectivity index (χ2v) is 4.56. The molecule has 18 heavy (non-hydrogen) atoms. The van der Waals surface area contributed by atoms with Crippen molar-refractivity contribution in [3.8, 4) is 0 Å². The largest absolute Gasteiger partial charge is 0.352 e. The van der Waals surface area contributed by atoms with Crippen LogP contribution < -0.4 is 22.0 Å². The summed E-state index contributed by atoms with van der Waals surface area (Å²) >= 11 is 0. The summed E-state index contributed by atoms with van der Waals surface area (Å²) < 4.78 is 4.07. The van der Waals surface area contributed by atoms with Crippen LogP contribution >= 0.6 is 0 Å². The predicted molar refractivity (Wildman–Crippen MR) is 67.5 cm³/mol. The third kappa shape index (κ3) is 1.22. The van der Waals surface area contributed by atoms with Crippen LogP contribution in [0.5, 0.6) is 0 Å². The Labute approximate surface area is 102 Å². The molecule has 0 aliphatic carbocycles. The normalized spacial score (nSPS) is 18.3. The van der Waals surface area contributed by atoms with E-state index in [1.807, 2.05) is 6.92 Å². The van der Waals surface area contributed by atoms with E-state index in [0.717, 1.165) is 11.1 Å². The molecule has 2 aromatic rings. The summed E-state index contributed by atoms with van der Waals surface area (Å²) in [5.41, 5.74) is 3.19. The number of hydrogen-bond acceptors (Lipinski definition) is 5. The van der Waals surface area contributed by atoms with Crippen molar-refractivity contribution in [2.45, 2.75) is 13.0 Å². The maximum absolute atomic E-state index is 12.2. The van der Waals surface area contributed by atoms with Crippen molar-refractivity contribution in [1.82, 2.24) is 18.8 Å². The van der Waals surface area contributed by atoms with Crippen LogP contribution in [0.2, 0.25) is 0 Å². The monoisotopic (exact) mass is 250 g/mol. The van der Waals surface area contributed by atoms with Crippen LogP contribution in [0, 0.1) is 0 Å². The maximum atomic E-state index is 12.2. The summed E-state index contributed by atoms with van der Waals surface area (Å²) in [6.45, 7) is 2.71. The second-order valence-electron chi connectivity index (χ2n) is 4.56. The molecule has 96 valence electrons. The van der Waals surface area contributed by atoms with Gasteiger partial charge in [-0.1, -0.05) is 0 Å². The predicted octanol–water partition coefficient (Wildman–Crippen LogP) is -1.21. The summed E-state index contributed by atoms with van der Waals surface area (Å²) in [5.74, 6) is 0.557. The first-order valence-electron chi connectivity index (χ1n) is 5.69. The molecule has 0 radical (unpaired) electrons. The van der Waals surface area contributed by atoms with E-state index in [-0.39, 0.29) is 17.3 Å². The Bertz CT molecular complexity index is 752. The third-order valence-electron chi connectivity index (χ3n) is 3.17. The molecule has 1 aliphatic heterocycles. The lowest BCUT2D eigenvalue weighted by Gasteiger charge is -2.24. The van der Waals surface area contributed by atoms with Gasteiger partial charge in [0.05, 0.1) is 6.04 Å². The van der Waals surface area contributed by atoms with Crippen molar-refractivity contribution in [3.63, 3.8) is 0 Å². The maximum Gasteiger partial charge on any atom is 0.332 e. The molecule has 0 spiro atoms. The minimum atomic E-state index is -0.379. The summed E-state index contributed by atoms with van der Waals surface area (Å²) in [6.07, 6.45) is 0. The van der Waals surface area contributed by atoms with Gasteiger partial charge in [0, 0.05) is 20.6 Å². The van der Waals surface area contributed by atoms with Gasteiger partial charge in [-0.05, 0) is 6.92 Å². The van der Waals surface area contributed by atoms with Gasteiger partial charge in [0.2, 0.25) is 5.95 Å². The number of rotatable bonds is 0. The minimum Gasteiger partial charge on any atom is -0.352 e. The van der Waals surface area contributed by atoms with Crippen molar-refractivity contribution < 1.29 is 0 Å². The number of nitrogens with one attached hydrogen (secondary N) is 2. The molecule has 2 aromatic heterocycles. The highest BCUT2D eigenvalue weighted by molar-refractivity contribution is 5.75. The van der Waals surface area contributed by atoms with Gasteiger partial charge >= 0.3 is 5.69 Å². The molecule has 0 amide bonds. The zero-order chi connectivity index (χ0) is 13.0. The van der Waals surface area contributed by atoms with E-state index in [1.54, 1.807) is 11.7 Å². The molecule has 8 nitrogen and oxygen atoms in total. The number of hydrogen-bond donors (Lipinski definition) is 2. The summed E-state index contributed by atoms with van der Waals surface area (Å²) in [7, 11) is 3.07. The quantitative estimate of drug-likeness (QED) is 0.613. The van der Waals surface area contributed by atoms with Crippen LogP contribution in [0.3, 0.4) is 0 Å². The van der Waals surface area contributed by atoms with Gasteiger partial charge in [-0.3, -0.25) is 13.9 Å².